The first-order valence-corrected chi connectivity index (χ1v) is 12.0. The number of phenols is 1. The van der Waals surface area contributed by atoms with E-state index in [9.17, 15) is 25.3 Å². The summed E-state index contributed by atoms with van der Waals surface area (Å²) in [5.74, 6) is 0.0283. The van der Waals surface area contributed by atoms with Gasteiger partial charge in [0.15, 0.2) is 0 Å². The van der Waals surface area contributed by atoms with E-state index in [1.165, 1.54) is 36.5 Å². The van der Waals surface area contributed by atoms with Crippen molar-refractivity contribution in [2.45, 2.75) is 13.8 Å². The number of nitro benzene ring substituents is 2. The molecule has 1 aromatic heterocycles. The molecule has 1 heterocycles. The molecular formula is C24H20BrN9O5. The number of rotatable bonds is 9. The minimum atomic E-state index is -0.595. The highest BCUT2D eigenvalue weighted by Gasteiger charge is 2.14. The molecule has 4 N–H and O–H groups in total. The smallest absolute Gasteiger partial charge is 0.271 e. The lowest BCUT2D eigenvalue weighted by Crippen LogP contribution is -2.07. The van der Waals surface area contributed by atoms with Crippen LogP contribution in [-0.2, 0) is 0 Å². The number of nitro groups is 2. The van der Waals surface area contributed by atoms with Crippen LogP contribution >= 0.6 is 15.9 Å². The van der Waals surface area contributed by atoms with Crippen molar-refractivity contribution in [3.63, 3.8) is 0 Å². The molecule has 0 fully saturated rings. The van der Waals surface area contributed by atoms with Crippen LogP contribution in [-0.4, -0.2) is 36.1 Å². The molecule has 0 atom stereocenters. The predicted molar refractivity (Wildman–Crippen MR) is 149 cm³/mol. The van der Waals surface area contributed by atoms with Crippen molar-refractivity contribution in [3.05, 3.63) is 96.0 Å². The second-order valence-corrected chi connectivity index (χ2v) is 9.01. The van der Waals surface area contributed by atoms with Crippen molar-refractivity contribution < 1.29 is 15.0 Å². The second kappa shape index (κ2) is 11.5. The van der Waals surface area contributed by atoms with Crippen molar-refractivity contribution in [3.8, 4) is 5.75 Å². The van der Waals surface area contributed by atoms with Crippen LogP contribution < -0.4 is 16.1 Å². The number of hydrogen-bond acceptors (Lipinski definition) is 12. The molecule has 0 aliphatic heterocycles. The molecule has 4 aromatic rings. The average molecular weight is 594 g/mol. The van der Waals surface area contributed by atoms with Gasteiger partial charge in [-0.25, -0.2) is 5.43 Å². The number of aryl methyl sites for hydroxylation is 2. The van der Waals surface area contributed by atoms with E-state index in [2.05, 4.69) is 52.0 Å². The molecule has 4 rings (SSSR count). The van der Waals surface area contributed by atoms with E-state index in [4.69, 9.17) is 0 Å². The number of hydrogen-bond donors (Lipinski definition) is 4. The van der Waals surface area contributed by atoms with E-state index >= 15 is 0 Å². The Kier molecular flexibility index (Phi) is 7.90. The lowest BCUT2D eigenvalue weighted by atomic mass is 10.1. The summed E-state index contributed by atoms with van der Waals surface area (Å²) < 4.78 is 0.132. The average Bonchev–Trinajstić information content (AvgIpc) is 2.88. The van der Waals surface area contributed by atoms with E-state index in [0.29, 0.717) is 5.69 Å². The Balaban J connectivity index is 1.63. The van der Waals surface area contributed by atoms with E-state index in [-0.39, 0.29) is 45.0 Å². The summed E-state index contributed by atoms with van der Waals surface area (Å²) in [4.78, 5) is 33.9. The molecule has 198 valence electrons. The van der Waals surface area contributed by atoms with Gasteiger partial charge in [0.1, 0.15) is 5.75 Å². The van der Waals surface area contributed by atoms with Gasteiger partial charge in [-0.05, 0) is 65.2 Å². The van der Waals surface area contributed by atoms with Crippen LogP contribution in [0.25, 0.3) is 0 Å². The summed E-state index contributed by atoms with van der Waals surface area (Å²) in [6, 6.07) is 13.8. The monoisotopic (exact) mass is 593 g/mol. The maximum Gasteiger partial charge on any atom is 0.271 e. The molecular weight excluding hydrogens is 574 g/mol. The molecule has 0 spiro atoms. The van der Waals surface area contributed by atoms with Gasteiger partial charge in [0.25, 0.3) is 11.4 Å². The third kappa shape index (κ3) is 6.78. The number of phenolic OH excluding ortho intramolecular Hbond substituents is 1. The topological polar surface area (TPSA) is 194 Å². The second-order valence-electron chi connectivity index (χ2n) is 8.15. The molecule has 3 aromatic carbocycles. The van der Waals surface area contributed by atoms with Crippen molar-refractivity contribution in [1.29, 1.82) is 0 Å². The largest absolute Gasteiger partial charge is 0.506 e. The Morgan fingerprint density at radius 3 is 2.03 bits per heavy atom. The van der Waals surface area contributed by atoms with Gasteiger partial charge in [-0.3, -0.25) is 20.2 Å². The standard InChI is InChI=1S/C24H20BrN9O5/c1-13-3-4-17(9-14(13)2)28-23-29-22(27-16-5-7-18(8-6-16)33(36)37)30-24(31-23)32-26-12-15-10-19(34(38)39)11-20(25)21(15)35/h3-12,35H,1-2H3,(H3,27,28,29,30,31,32). The van der Waals surface area contributed by atoms with Gasteiger partial charge in [0, 0.05) is 41.2 Å². The quantitative estimate of drug-likeness (QED) is 0.105. The highest BCUT2D eigenvalue weighted by Crippen LogP contribution is 2.31. The molecule has 0 aliphatic rings. The third-order valence-electron chi connectivity index (χ3n) is 5.39. The molecule has 0 saturated heterocycles. The van der Waals surface area contributed by atoms with Gasteiger partial charge in [-0.2, -0.15) is 20.1 Å². The Labute approximate surface area is 229 Å². The SMILES string of the molecule is Cc1ccc(Nc2nc(NN=Cc3cc([N+](=O)[O-])cc(Br)c3O)nc(Nc3ccc([N+](=O)[O-])cc3)n2)cc1C. The molecule has 15 heteroatoms. The van der Waals surface area contributed by atoms with E-state index in [0.717, 1.165) is 22.9 Å². The number of nitrogens with zero attached hydrogens (tertiary/aromatic N) is 6. The van der Waals surface area contributed by atoms with Gasteiger partial charge in [-0.15, -0.1) is 0 Å². The van der Waals surface area contributed by atoms with Gasteiger partial charge < -0.3 is 15.7 Å². The zero-order valence-electron chi connectivity index (χ0n) is 20.4. The van der Waals surface area contributed by atoms with Crippen molar-refractivity contribution in [2.75, 3.05) is 16.1 Å². The fourth-order valence-corrected chi connectivity index (χ4v) is 3.71. The van der Waals surface area contributed by atoms with Gasteiger partial charge >= 0.3 is 0 Å². The Morgan fingerprint density at radius 1 is 0.821 bits per heavy atom. The van der Waals surface area contributed by atoms with Gasteiger partial charge in [0.05, 0.1) is 20.5 Å². The van der Waals surface area contributed by atoms with Crippen LogP contribution in [0.4, 0.5) is 40.6 Å². The van der Waals surface area contributed by atoms with E-state index in [1.54, 1.807) is 0 Å². The number of anilines is 5. The zero-order chi connectivity index (χ0) is 28.1. The summed E-state index contributed by atoms with van der Waals surface area (Å²) in [7, 11) is 0. The van der Waals surface area contributed by atoms with Crippen LogP contribution in [0.5, 0.6) is 5.75 Å². The summed E-state index contributed by atoms with van der Waals surface area (Å²) in [6.07, 6.45) is 1.18. The lowest BCUT2D eigenvalue weighted by molar-refractivity contribution is -0.385. The number of benzene rings is 3. The molecule has 0 radical (unpaired) electrons. The van der Waals surface area contributed by atoms with Crippen molar-refractivity contribution in [2.24, 2.45) is 5.10 Å². The number of nitrogens with one attached hydrogen (secondary N) is 3. The zero-order valence-corrected chi connectivity index (χ0v) is 22.0. The molecule has 0 saturated carbocycles. The first kappa shape index (κ1) is 26.9. The Morgan fingerprint density at radius 2 is 1.41 bits per heavy atom. The van der Waals surface area contributed by atoms with Crippen molar-refractivity contribution >= 4 is 62.7 Å². The Bertz CT molecular complexity index is 1600. The highest BCUT2D eigenvalue weighted by molar-refractivity contribution is 9.10. The summed E-state index contributed by atoms with van der Waals surface area (Å²) >= 11 is 3.08. The highest BCUT2D eigenvalue weighted by atomic mass is 79.9. The summed E-state index contributed by atoms with van der Waals surface area (Å²) in [5, 5.41) is 42.4. The molecule has 14 nitrogen and oxygen atoms in total. The van der Waals surface area contributed by atoms with Crippen LogP contribution in [0.2, 0.25) is 0 Å². The Hall–Kier alpha value is -5.18. The number of non-ortho nitro benzene ring substituents is 2. The minimum Gasteiger partial charge on any atom is -0.506 e. The van der Waals surface area contributed by atoms with Crippen LogP contribution in [0.1, 0.15) is 16.7 Å². The number of aromatic hydroxyl groups is 1. The first-order chi connectivity index (χ1) is 18.6. The normalized spacial score (nSPS) is 10.8. The van der Waals surface area contributed by atoms with Crippen LogP contribution in [0.15, 0.2) is 64.2 Å². The fraction of sp³-hybridized carbons (Fsp3) is 0.0833. The number of halogens is 1. The van der Waals surface area contributed by atoms with Crippen LogP contribution in [0, 0.1) is 34.1 Å². The van der Waals surface area contributed by atoms with E-state index in [1.807, 2.05) is 32.0 Å². The number of aromatic nitrogens is 3. The molecule has 0 amide bonds. The van der Waals surface area contributed by atoms with Crippen molar-refractivity contribution in [1.82, 2.24) is 15.0 Å². The van der Waals surface area contributed by atoms with Crippen LogP contribution in [0.3, 0.4) is 0 Å². The van der Waals surface area contributed by atoms with Gasteiger partial charge in [0.2, 0.25) is 17.8 Å². The first-order valence-electron chi connectivity index (χ1n) is 11.2. The minimum absolute atomic E-state index is 0.000909. The summed E-state index contributed by atoms with van der Waals surface area (Å²) in [6.45, 7) is 3.96. The molecule has 0 aliphatic carbocycles. The van der Waals surface area contributed by atoms with Gasteiger partial charge in [-0.1, -0.05) is 6.07 Å². The summed E-state index contributed by atoms with van der Waals surface area (Å²) in [5.41, 5.74) is 5.79. The lowest BCUT2D eigenvalue weighted by Gasteiger charge is -2.11. The fourth-order valence-electron chi connectivity index (χ4n) is 3.25. The van der Waals surface area contributed by atoms with E-state index < -0.39 is 9.85 Å². The predicted octanol–water partition coefficient (Wildman–Crippen LogP) is 5.71. The molecule has 39 heavy (non-hydrogen) atoms. The maximum absolute atomic E-state index is 11.1. The molecule has 0 bridgehead atoms. The molecule has 0 unspecified atom stereocenters. The maximum atomic E-state index is 11.1. The third-order valence-corrected chi connectivity index (χ3v) is 5.99. The number of hydrazone groups is 1.